The van der Waals surface area contributed by atoms with E-state index in [-0.39, 0.29) is 0 Å². The van der Waals surface area contributed by atoms with Crippen molar-refractivity contribution < 1.29 is 9.47 Å². The number of pyridine rings is 1. The number of nitrogens with zero attached hydrogens (tertiary/aromatic N) is 2. The van der Waals surface area contributed by atoms with Crippen molar-refractivity contribution >= 4 is 11.6 Å². The van der Waals surface area contributed by atoms with Crippen molar-refractivity contribution in [2.75, 3.05) is 25.1 Å². The van der Waals surface area contributed by atoms with Crippen LogP contribution in [0.5, 0.6) is 11.5 Å². The van der Waals surface area contributed by atoms with Crippen LogP contribution in [0.3, 0.4) is 0 Å². The molecule has 0 bridgehead atoms. The Bertz CT molecular complexity index is 674. The number of ether oxygens (including phenoxy) is 2. The molecular weight excluding hydrogens is 292 g/mol. The summed E-state index contributed by atoms with van der Waals surface area (Å²) in [6.45, 7) is 1.94. The molecule has 2 heterocycles. The van der Waals surface area contributed by atoms with Gasteiger partial charge in [0.05, 0.1) is 13.2 Å². The maximum atomic E-state index is 5.93. The molecule has 0 saturated carbocycles. The summed E-state index contributed by atoms with van der Waals surface area (Å²) in [6.07, 6.45) is 5.28. The zero-order chi connectivity index (χ0) is 15.9. The van der Waals surface area contributed by atoms with Gasteiger partial charge in [0.1, 0.15) is 0 Å². The summed E-state index contributed by atoms with van der Waals surface area (Å²) in [4.78, 5) is 8.41. The van der Waals surface area contributed by atoms with E-state index in [1.165, 1.54) is 0 Å². The van der Waals surface area contributed by atoms with Crippen LogP contribution in [-0.4, -0.2) is 30.7 Å². The van der Waals surface area contributed by atoms with Gasteiger partial charge in [-0.2, -0.15) is 0 Å². The average molecular weight is 312 g/mol. The topological polar surface area (TPSA) is 81.8 Å². The average Bonchev–Trinajstić information content (AvgIpc) is 2.81. The minimum atomic E-state index is 0.378. The Morgan fingerprint density at radius 3 is 2.91 bits per heavy atom. The van der Waals surface area contributed by atoms with Gasteiger partial charge in [0.2, 0.25) is 0 Å². The Hall–Kier alpha value is -2.76. The Labute approximate surface area is 135 Å². The largest absolute Gasteiger partial charge is 0.490 e. The number of rotatable bonds is 4. The quantitative estimate of drug-likeness (QED) is 0.668. The van der Waals surface area contributed by atoms with Crippen LogP contribution in [0.1, 0.15) is 12.0 Å². The van der Waals surface area contributed by atoms with E-state index in [0.29, 0.717) is 25.7 Å². The van der Waals surface area contributed by atoms with Gasteiger partial charge in [-0.1, -0.05) is 6.07 Å². The van der Waals surface area contributed by atoms with Gasteiger partial charge in [0, 0.05) is 37.1 Å². The van der Waals surface area contributed by atoms with E-state index in [2.05, 4.69) is 15.3 Å². The summed E-state index contributed by atoms with van der Waals surface area (Å²) in [5.74, 6) is 1.87. The minimum absolute atomic E-state index is 0.378. The van der Waals surface area contributed by atoms with Crippen LogP contribution in [0.15, 0.2) is 47.7 Å². The normalized spacial score (nSPS) is 14.2. The monoisotopic (exact) mass is 312 g/mol. The predicted octanol–water partition coefficient (Wildman–Crippen LogP) is 2.21. The molecule has 1 aliphatic rings. The lowest BCUT2D eigenvalue weighted by molar-refractivity contribution is 0.297. The highest BCUT2D eigenvalue weighted by Crippen LogP contribution is 2.32. The summed E-state index contributed by atoms with van der Waals surface area (Å²) in [7, 11) is 0. The van der Waals surface area contributed by atoms with Crippen LogP contribution in [0, 0.1) is 0 Å². The molecule has 6 nitrogen and oxygen atoms in total. The van der Waals surface area contributed by atoms with Crippen LogP contribution in [0.25, 0.3) is 0 Å². The van der Waals surface area contributed by atoms with Crippen molar-refractivity contribution in [1.82, 2.24) is 4.98 Å². The first-order chi connectivity index (χ1) is 11.3. The number of guanidine groups is 1. The summed E-state index contributed by atoms with van der Waals surface area (Å²) in [5, 5.41) is 3.08. The van der Waals surface area contributed by atoms with E-state index in [9.17, 15) is 0 Å². The van der Waals surface area contributed by atoms with Gasteiger partial charge in [-0.3, -0.25) is 9.98 Å². The molecule has 1 aliphatic heterocycles. The number of nitrogens with one attached hydrogen (secondary N) is 1. The van der Waals surface area contributed by atoms with Crippen LogP contribution in [-0.2, 0) is 6.42 Å². The minimum Gasteiger partial charge on any atom is -0.490 e. The number of fused-ring (bicyclic) bond motifs is 1. The van der Waals surface area contributed by atoms with E-state index in [4.69, 9.17) is 15.2 Å². The predicted molar refractivity (Wildman–Crippen MR) is 90.1 cm³/mol. The summed E-state index contributed by atoms with van der Waals surface area (Å²) < 4.78 is 11.3. The Balaban J connectivity index is 1.58. The lowest BCUT2D eigenvalue weighted by Crippen LogP contribution is -2.23. The molecule has 6 heteroatoms. The molecule has 3 rings (SSSR count). The first-order valence-electron chi connectivity index (χ1n) is 7.67. The van der Waals surface area contributed by atoms with Crippen molar-refractivity contribution in [2.24, 2.45) is 10.7 Å². The molecule has 23 heavy (non-hydrogen) atoms. The van der Waals surface area contributed by atoms with E-state index >= 15 is 0 Å². The van der Waals surface area contributed by atoms with Gasteiger partial charge < -0.3 is 20.5 Å². The highest BCUT2D eigenvalue weighted by atomic mass is 16.5. The third kappa shape index (κ3) is 4.35. The van der Waals surface area contributed by atoms with Crippen LogP contribution in [0.2, 0.25) is 0 Å². The van der Waals surface area contributed by atoms with Crippen LogP contribution < -0.4 is 20.5 Å². The Morgan fingerprint density at radius 1 is 1.22 bits per heavy atom. The number of aliphatic imine (C=N–C) groups is 1. The Kier molecular flexibility index (Phi) is 4.93. The molecule has 0 spiro atoms. The molecule has 1 aromatic carbocycles. The molecule has 0 atom stereocenters. The van der Waals surface area contributed by atoms with Gasteiger partial charge in [-0.05, 0) is 30.2 Å². The fourth-order valence-electron chi connectivity index (χ4n) is 2.28. The van der Waals surface area contributed by atoms with Crippen molar-refractivity contribution in [2.45, 2.75) is 12.8 Å². The first kappa shape index (κ1) is 15.1. The van der Waals surface area contributed by atoms with Gasteiger partial charge in [0.25, 0.3) is 0 Å². The highest BCUT2D eigenvalue weighted by Gasteiger charge is 2.10. The number of hydrogen-bond donors (Lipinski definition) is 2. The van der Waals surface area contributed by atoms with Gasteiger partial charge in [-0.15, -0.1) is 0 Å². The third-order valence-electron chi connectivity index (χ3n) is 3.43. The number of benzene rings is 1. The molecule has 0 amide bonds. The maximum Gasteiger partial charge on any atom is 0.193 e. The van der Waals surface area contributed by atoms with E-state index in [1.807, 2.05) is 36.5 Å². The van der Waals surface area contributed by atoms with Crippen LogP contribution >= 0.6 is 0 Å². The maximum absolute atomic E-state index is 5.93. The smallest absolute Gasteiger partial charge is 0.193 e. The molecule has 120 valence electrons. The van der Waals surface area contributed by atoms with Gasteiger partial charge in [-0.25, -0.2) is 0 Å². The molecular formula is C17H20N4O2. The summed E-state index contributed by atoms with van der Waals surface area (Å²) in [5.41, 5.74) is 7.90. The molecule has 0 fully saturated rings. The van der Waals surface area contributed by atoms with Crippen molar-refractivity contribution in [3.05, 3.63) is 48.3 Å². The van der Waals surface area contributed by atoms with Crippen LogP contribution in [0.4, 0.5) is 5.69 Å². The third-order valence-corrected chi connectivity index (χ3v) is 3.43. The lowest BCUT2D eigenvalue weighted by Gasteiger charge is -2.10. The van der Waals surface area contributed by atoms with Crippen molar-refractivity contribution in [3.8, 4) is 11.5 Å². The zero-order valence-electron chi connectivity index (χ0n) is 12.9. The van der Waals surface area contributed by atoms with Crippen molar-refractivity contribution in [1.29, 1.82) is 0 Å². The highest BCUT2D eigenvalue weighted by molar-refractivity contribution is 5.92. The second kappa shape index (κ2) is 7.49. The Morgan fingerprint density at radius 2 is 2.09 bits per heavy atom. The number of aromatic nitrogens is 1. The molecule has 0 radical (unpaired) electrons. The second-order valence-electron chi connectivity index (χ2n) is 5.22. The van der Waals surface area contributed by atoms with Gasteiger partial charge in [0.15, 0.2) is 17.5 Å². The number of anilines is 1. The molecule has 2 aromatic rings. The van der Waals surface area contributed by atoms with E-state index in [0.717, 1.165) is 35.6 Å². The standard InChI is InChI=1S/C17H20N4O2/c18-17(20-8-6-13-3-1-7-19-12-13)21-14-4-5-15-16(11-14)23-10-2-9-22-15/h1,3-5,7,11-12H,2,6,8-10H2,(H3,18,20,21). The van der Waals surface area contributed by atoms with E-state index in [1.54, 1.807) is 6.20 Å². The molecule has 0 aliphatic carbocycles. The van der Waals surface area contributed by atoms with E-state index < -0.39 is 0 Å². The fourth-order valence-corrected chi connectivity index (χ4v) is 2.28. The second-order valence-corrected chi connectivity index (χ2v) is 5.22. The zero-order valence-corrected chi connectivity index (χ0v) is 12.9. The fraction of sp³-hybridized carbons (Fsp3) is 0.294. The SMILES string of the molecule is NC(=NCCc1cccnc1)Nc1ccc2c(c1)OCCCO2. The molecule has 0 saturated heterocycles. The molecule has 1 aromatic heterocycles. The summed E-state index contributed by atoms with van der Waals surface area (Å²) >= 11 is 0. The number of hydrogen-bond acceptors (Lipinski definition) is 4. The molecule has 0 unspecified atom stereocenters. The first-order valence-corrected chi connectivity index (χ1v) is 7.67. The van der Waals surface area contributed by atoms with Gasteiger partial charge >= 0.3 is 0 Å². The lowest BCUT2D eigenvalue weighted by atomic mass is 10.2. The van der Waals surface area contributed by atoms with Crippen molar-refractivity contribution in [3.63, 3.8) is 0 Å². The number of nitrogens with two attached hydrogens (primary N) is 1. The summed E-state index contributed by atoms with van der Waals surface area (Å²) in [6, 6.07) is 9.60. The molecule has 3 N–H and O–H groups in total.